The van der Waals surface area contributed by atoms with Gasteiger partial charge in [-0.25, -0.2) is 4.79 Å². The number of hydrogen-bond acceptors (Lipinski definition) is 8. The Bertz CT molecular complexity index is 614. The second-order valence-electron chi connectivity index (χ2n) is 8.16. The van der Waals surface area contributed by atoms with E-state index >= 15 is 0 Å². The zero-order valence-electron chi connectivity index (χ0n) is 20.9. The summed E-state index contributed by atoms with van der Waals surface area (Å²) in [5, 5.41) is 0. The van der Waals surface area contributed by atoms with Crippen LogP contribution in [0.25, 0.3) is 0 Å². The van der Waals surface area contributed by atoms with Crippen LogP contribution in [0.1, 0.15) is 98.3 Å². The van der Waals surface area contributed by atoms with E-state index in [1.165, 1.54) is 34.0 Å². The maximum Gasteiger partial charge on any atom is 0.330 e. The molecule has 0 saturated heterocycles. The minimum atomic E-state index is -0.579. The van der Waals surface area contributed by atoms with E-state index in [-0.39, 0.29) is 18.0 Å². The van der Waals surface area contributed by atoms with Gasteiger partial charge in [-0.05, 0) is 51.4 Å². The second-order valence-corrected chi connectivity index (χ2v) is 8.16. The number of ether oxygens (including phenoxy) is 4. The SMILES string of the molecule is CCCCCC(OC(C)=O)C(CCC(CCCCCC=CC(=O)OC)OC(C)=O)OC(C)=O. The van der Waals surface area contributed by atoms with Crippen LogP contribution in [-0.2, 0) is 38.1 Å². The number of unbranched alkanes of at least 4 members (excludes halogenated alkanes) is 5. The Morgan fingerprint density at radius 3 is 1.82 bits per heavy atom. The third kappa shape index (κ3) is 17.8. The Balaban J connectivity index is 4.84. The highest BCUT2D eigenvalue weighted by Gasteiger charge is 2.28. The number of hydrogen-bond donors (Lipinski definition) is 0. The quantitative estimate of drug-likeness (QED) is 0.121. The minimum Gasteiger partial charge on any atom is -0.466 e. The van der Waals surface area contributed by atoms with Crippen molar-refractivity contribution in [2.45, 2.75) is 117 Å². The standard InChI is InChI=1S/C25H42O8/c1-6-7-11-15-23(32-20(3)27)24(33-21(4)28)18-17-22(31-19(2)26)14-12-9-8-10-13-16-25(29)30-5/h13,16,22-24H,6-12,14-15,17-18H2,1-5H3. The van der Waals surface area contributed by atoms with Crippen LogP contribution in [0.4, 0.5) is 0 Å². The molecule has 0 heterocycles. The molecule has 8 heteroatoms. The summed E-state index contributed by atoms with van der Waals surface area (Å²) in [6, 6.07) is 0. The number of allylic oxidation sites excluding steroid dienone is 1. The van der Waals surface area contributed by atoms with Crippen molar-refractivity contribution in [1.29, 1.82) is 0 Å². The highest BCUT2D eigenvalue weighted by molar-refractivity contribution is 5.81. The molecular formula is C25H42O8. The average Bonchev–Trinajstić information content (AvgIpc) is 2.73. The zero-order chi connectivity index (χ0) is 25.1. The average molecular weight is 471 g/mol. The lowest BCUT2D eigenvalue weighted by Gasteiger charge is -2.28. The van der Waals surface area contributed by atoms with Crippen molar-refractivity contribution in [1.82, 2.24) is 0 Å². The predicted octanol–water partition coefficient (Wildman–Crippen LogP) is 4.82. The Hall–Kier alpha value is -2.38. The van der Waals surface area contributed by atoms with E-state index in [4.69, 9.17) is 14.2 Å². The molecule has 0 spiro atoms. The summed E-state index contributed by atoms with van der Waals surface area (Å²) in [5.74, 6) is -1.57. The van der Waals surface area contributed by atoms with Crippen molar-refractivity contribution in [3.05, 3.63) is 12.2 Å². The molecular weight excluding hydrogens is 428 g/mol. The first-order valence-corrected chi connectivity index (χ1v) is 12.0. The third-order valence-corrected chi connectivity index (χ3v) is 5.10. The van der Waals surface area contributed by atoms with Gasteiger partial charge in [0, 0.05) is 26.8 Å². The minimum absolute atomic E-state index is 0.306. The lowest BCUT2D eigenvalue weighted by Crippen LogP contribution is -2.35. The molecule has 0 bridgehead atoms. The molecule has 0 aliphatic rings. The molecule has 3 unspecified atom stereocenters. The van der Waals surface area contributed by atoms with Crippen molar-refractivity contribution in [2.24, 2.45) is 0 Å². The van der Waals surface area contributed by atoms with Gasteiger partial charge in [0.2, 0.25) is 0 Å². The topological polar surface area (TPSA) is 105 Å². The highest BCUT2D eigenvalue weighted by Crippen LogP contribution is 2.22. The molecule has 0 aromatic heterocycles. The molecule has 0 aliphatic carbocycles. The van der Waals surface area contributed by atoms with E-state index in [2.05, 4.69) is 11.7 Å². The van der Waals surface area contributed by atoms with E-state index in [0.717, 1.165) is 44.9 Å². The van der Waals surface area contributed by atoms with Crippen LogP contribution < -0.4 is 0 Å². The molecule has 8 nitrogen and oxygen atoms in total. The van der Waals surface area contributed by atoms with Crippen molar-refractivity contribution >= 4 is 23.9 Å². The molecule has 0 amide bonds. The number of methoxy groups -OCH3 is 1. The van der Waals surface area contributed by atoms with Gasteiger partial charge in [0.05, 0.1) is 7.11 Å². The van der Waals surface area contributed by atoms with Crippen LogP contribution in [0, 0.1) is 0 Å². The van der Waals surface area contributed by atoms with E-state index in [9.17, 15) is 19.2 Å². The van der Waals surface area contributed by atoms with Crippen LogP contribution in [0.15, 0.2) is 12.2 Å². The van der Waals surface area contributed by atoms with E-state index in [1.54, 1.807) is 6.08 Å². The van der Waals surface area contributed by atoms with E-state index in [0.29, 0.717) is 25.7 Å². The lowest BCUT2D eigenvalue weighted by molar-refractivity contribution is -0.167. The summed E-state index contributed by atoms with van der Waals surface area (Å²) in [4.78, 5) is 45.9. The van der Waals surface area contributed by atoms with E-state index < -0.39 is 24.1 Å². The summed E-state index contributed by atoms with van der Waals surface area (Å²) in [5.41, 5.74) is 0. The zero-order valence-corrected chi connectivity index (χ0v) is 20.9. The molecule has 3 atom stereocenters. The molecule has 0 rings (SSSR count). The fraction of sp³-hybridized carbons (Fsp3) is 0.760. The highest BCUT2D eigenvalue weighted by atomic mass is 16.6. The van der Waals surface area contributed by atoms with Crippen molar-refractivity contribution in [3.8, 4) is 0 Å². The molecule has 0 aromatic carbocycles. The molecule has 190 valence electrons. The number of carbonyl (C=O) groups is 4. The fourth-order valence-electron chi connectivity index (χ4n) is 3.57. The summed E-state index contributed by atoms with van der Waals surface area (Å²) in [6.07, 6.45) is 10.4. The first-order chi connectivity index (χ1) is 15.7. The third-order valence-electron chi connectivity index (χ3n) is 5.10. The predicted molar refractivity (Wildman–Crippen MR) is 124 cm³/mol. The Morgan fingerprint density at radius 2 is 1.27 bits per heavy atom. The molecule has 0 N–H and O–H groups in total. The van der Waals surface area contributed by atoms with Crippen LogP contribution in [0.5, 0.6) is 0 Å². The van der Waals surface area contributed by atoms with Gasteiger partial charge in [-0.3, -0.25) is 14.4 Å². The van der Waals surface area contributed by atoms with Gasteiger partial charge in [0.1, 0.15) is 18.3 Å². The molecule has 0 radical (unpaired) electrons. The molecule has 33 heavy (non-hydrogen) atoms. The lowest BCUT2D eigenvalue weighted by atomic mass is 9.98. The number of esters is 4. The van der Waals surface area contributed by atoms with Gasteiger partial charge in [-0.15, -0.1) is 0 Å². The molecule has 0 saturated carbocycles. The van der Waals surface area contributed by atoms with Gasteiger partial charge in [-0.1, -0.05) is 32.3 Å². The van der Waals surface area contributed by atoms with Gasteiger partial charge in [0.15, 0.2) is 0 Å². The smallest absolute Gasteiger partial charge is 0.330 e. The maximum absolute atomic E-state index is 11.7. The van der Waals surface area contributed by atoms with Gasteiger partial charge >= 0.3 is 23.9 Å². The molecule has 0 aliphatic heterocycles. The monoisotopic (exact) mass is 470 g/mol. The van der Waals surface area contributed by atoms with Crippen LogP contribution in [-0.4, -0.2) is 49.3 Å². The summed E-state index contributed by atoms with van der Waals surface area (Å²) >= 11 is 0. The summed E-state index contributed by atoms with van der Waals surface area (Å²) < 4.78 is 21.0. The number of carbonyl (C=O) groups excluding carboxylic acids is 4. The Morgan fingerprint density at radius 1 is 0.697 bits per heavy atom. The number of rotatable bonds is 18. The second kappa shape index (κ2) is 19.1. The Labute approximate surface area is 198 Å². The van der Waals surface area contributed by atoms with Crippen molar-refractivity contribution in [3.63, 3.8) is 0 Å². The van der Waals surface area contributed by atoms with Gasteiger partial charge in [-0.2, -0.15) is 0 Å². The summed E-state index contributed by atoms with van der Waals surface area (Å²) in [6.45, 7) is 6.14. The maximum atomic E-state index is 11.7. The van der Waals surface area contributed by atoms with Crippen LogP contribution >= 0.6 is 0 Å². The largest absolute Gasteiger partial charge is 0.466 e. The normalized spacial score (nSPS) is 13.7. The van der Waals surface area contributed by atoms with Crippen LogP contribution in [0.2, 0.25) is 0 Å². The van der Waals surface area contributed by atoms with Crippen molar-refractivity contribution in [2.75, 3.05) is 7.11 Å². The van der Waals surface area contributed by atoms with Crippen molar-refractivity contribution < 1.29 is 38.1 Å². The van der Waals surface area contributed by atoms with Gasteiger partial charge < -0.3 is 18.9 Å². The Kier molecular flexibility index (Phi) is 17.7. The fourth-order valence-corrected chi connectivity index (χ4v) is 3.57. The summed E-state index contributed by atoms with van der Waals surface area (Å²) in [7, 11) is 1.34. The first kappa shape index (κ1) is 30.6. The molecule has 0 aromatic rings. The van der Waals surface area contributed by atoms with E-state index in [1.807, 2.05) is 0 Å². The van der Waals surface area contributed by atoms with Gasteiger partial charge in [0.25, 0.3) is 0 Å². The first-order valence-electron chi connectivity index (χ1n) is 12.0. The molecule has 0 fully saturated rings. The van der Waals surface area contributed by atoms with Crippen LogP contribution in [0.3, 0.4) is 0 Å².